The lowest BCUT2D eigenvalue weighted by Crippen LogP contribution is -2.71. The van der Waals surface area contributed by atoms with Crippen molar-refractivity contribution in [1.82, 2.24) is 14.6 Å². The Bertz CT molecular complexity index is 1040. The van der Waals surface area contributed by atoms with Crippen LogP contribution in [0.4, 0.5) is 15.9 Å². The Balaban J connectivity index is 1.64. The highest BCUT2D eigenvalue weighted by molar-refractivity contribution is 9.10. The van der Waals surface area contributed by atoms with E-state index in [0.29, 0.717) is 5.69 Å². The van der Waals surface area contributed by atoms with E-state index >= 15 is 0 Å². The molecule has 2 heterocycles. The molecule has 0 bridgehead atoms. The molecule has 0 unspecified atom stereocenters. The van der Waals surface area contributed by atoms with Crippen molar-refractivity contribution < 1.29 is 26.8 Å². The number of aromatic nitrogens is 2. The number of hydrogen-bond donors (Lipinski definition) is 4. The van der Waals surface area contributed by atoms with Crippen LogP contribution in [0.3, 0.4) is 0 Å². The van der Waals surface area contributed by atoms with Gasteiger partial charge in [0.05, 0.1) is 16.6 Å². The molecule has 1 aliphatic heterocycles. The monoisotopic (exact) mass is 507 g/mol. The van der Waals surface area contributed by atoms with Crippen LogP contribution < -0.4 is 16.4 Å². The first-order valence-electron chi connectivity index (χ1n) is 8.62. The minimum atomic E-state index is -3.80. The van der Waals surface area contributed by atoms with E-state index in [1.54, 1.807) is 6.92 Å². The zero-order valence-corrected chi connectivity index (χ0v) is 18.1. The summed E-state index contributed by atoms with van der Waals surface area (Å²) in [6.07, 6.45) is 0. The third-order valence-corrected chi connectivity index (χ3v) is 6.20. The maximum Gasteiger partial charge on any atom is 0.338 e. The average Bonchev–Trinajstić information content (AvgIpc) is 3.13. The summed E-state index contributed by atoms with van der Waals surface area (Å²) in [5, 5.41) is 25.6. The summed E-state index contributed by atoms with van der Waals surface area (Å²) in [5.41, 5.74) is 5.76. The van der Waals surface area contributed by atoms with Gasteiger partial charge in [-0.3, -0.25) is 4.18 Å². The lowest BCUT2D eigenvalue weighted by atomic mass is 9.94. The molecule has 15 heteroatoms. The summed E-state index contributed by atoms with van der Waals surface area (Å²) in [7, 11) is -3.80. The lowest BCUT2D eigenvalue weighted by molar-refractivity contribution is 0.144. The second-order valence-electron chi connectivity index (χ2n) is 6.51. The van der Waals surface area contributed by atoms with E-state index in [1.807, 2.05) is 0 Å². The van der Waals surface area contributed by atoms with Crippen molar-refractivity contribution in [2.45, 2.75) is 12.5 Å². The minimum Gasteiger partial charge on any atom is -0.409 e. The third-order valence-electron chi connectivity index (χ3n) is 4.17. The van der Waals surface area contributed by atoms with E-state index in [0.717, 1.165) is 4.31 Å². The van der Waals surface area contributed by atoms with Crippen LogP contribution in [0, 0.1) is 5.82 Å². The van der Waals surface area contributed by atoms with Gasteiger partial charge in [0.15, 0.2) is 5.69 Å². The Morgan fingerprint density at radius 3 is 2.87 bits per heavy atom. The highest BCUT2D eigenvalue weighted by Gasteiger charge is 2.46. The number of benzene rings is 1. The van der Waals surface area contributed by atoms with Gasteiger partial charge >= 0.3 is 10.3 Å². The largest absolute Gasteiger partial charge is 0.409 e. The number of anilines is 2. The van der Waals surface area contributed by atoms with Gasteiger partial charge in [0.2, 0.25) is 11.7 Å². The molecular weight excluding hydrogens is 489 g/mol. The quantitative estimate of drug-likeness (QED) is 0.174. The van der Waals surface area contributed by atoms with Gasteiger partial charge in [0.1, 0.15) is 5.82 Å². The Morgan fingerprint density at radius 2 is 2.23 bits per heavy atom. The van der Waals surface area contributed by atoms with E-state index in [4.69, 9.17) is 14.5 Å². The van der Waals surface area contributed by atoms with Crippen molar-refractivity contribution in [1.29, 1.82) is 0 Å². The molecule has 5 N–H and O–H groups in total. The summed E-state index contributed by atoms with van der Waals surface area (Å²) in [6.45, 7) is 1.83. The molecular formula is C15H19BrFN7O5S. The lowest BCUT2D eigenvalue weighted by Gasteiger charge is -2.45. The number of hydrogen-bond acceptors (Lipinski definition) is 10. The number of nitrogens with two attached hydrogens (primary N) is 1. The second kappa shape index (κ2) is 8.81. The fourth-order valence-corrected chi connectivity index (χ4v) is 4.37. The normalized spacial score (nSPS) is 16.9. The van der Waals surface area contributed by atoms with Crippen molar-refractivity contribution >= 4 is 43.6 Å². The third kappa shape index (κ3) is 4.86. The van der Waals surface area contributed by atoms with Crippen molar-refractivity contribution in [3.63, 3.8) is 0 Å². The molecule has 3 rings (SSSR count). The number of amidine groups is 1. The smallest absolute Gasteiger partial charge is 0.338 e. The standard InChI is InChI=1S/C15H19BrFN7O5S/c1-2-28-30(26,27)24-7-15(18,8-24)6-19-13-12(22-29-23-13)14(21-25)20-9-3-4-11(17)10(16)5-9/h3-5,25H,2,6-8,18H2,1H3,(H,19,23)(H,20,21). The van der Waals surface area contributed by atoms with Gasteiger partial charge in [-0.15, -0.1) is 0 Å². The molecule has 0 radical (unpaired) electrons. The molecule has 0 atom stereocenters. The van der Waals surface area contributed by atoms with E-state index in [2.05, 4.69) is 42.0 Å². The van der Waals surface area contributed by atoms with Gasteiger partial charge < -0.3 is 21.6 Å². The predicted octanol–water partition coefficient (Wildman–Crippen LogP) is 0.925. The van der Waals surface area contributed by atoms with Crippen molar-refractivity contribution in [3.8, 4) is 0 Å². The van der Waals surface area contributed by atoms with E-state index < -0.39 is 21.7 Å². The number of rotatable bonds is 8. The van der Waals surface area contributed by atoms with Crippen molar-refractivity contribution in [2.75, 3.05) is 36.9 Å². The molecule has 1 saturated heterocycles. The molecule has 12 nitrogen and oxygen atoms in total. The fourth-order valence-electron chi connectivity index (χ4n) is 2.71. The molecule has 1 aromatic heterocycles. The summed E-state index contributed by atoms with van der Waals surface area (Å²) < 4.78 is 47.8. The topological polar surface area (TPSA) is 168 Å². The van der Waals surface area contributed by atoms with Crippen LogP contribution in [0.25, 0.3) is 0 Å². The zero-order valence-electron chi connectivity index (χ0n) is 15.7. The summed E-state index contributed by atoms with van der Waals surface area (Å²) >= 11 is 3.06. The first kappa shape index (κ1) is 22.4. The van der Waals surface area contributed by atoms with Gasteiger partial charge in [0, 0.05) is 25.3 Å². The van der Waals surface area contributed by atoms with E-state index in [1.165, 1.54) is 18.2 Å². The molecule has 164 valence electrons. The Morgan fingerprint density at radius 1 is 1.50 bits per heavy atom. The maximum absolute atomic E-state index is 13.4. The van der Waals surface area contributed by atoms with Crippen LogP contribution in [0.15, 0.2) is 32.5 Å². The van der Waals surface area contributed by atoms with Gasteiger partial charge in [-0.05, 0) is 51.4 Å². The fraction of sp³-hybridized carbons (Fsp3) is 0.400. The number of halogens is 2. The van der Waals surface area contributed by atoms with Crippen molar-refractivity contribution in [2.24, 2.45) is 10.9 Å². The van der Waals surface area contributed by atoms with Crippen LogP contribution in [-0.2, 0) is 14.5 Å². The SMILES string of the molecule is CCOS(=O)(=O)N1CC(N)(CNc2nonc2/C(=N/O)Nc2ccc(F)c(Br)c2)C1. The number of nitrogens with one attached hydrogen (secondary N) is 2. The molecule has 0 saturated carbocycles. The summed E-state index contributed by atoms with van der Waals surface area (Å²) in [6, 6.07) is 4.10. The zero-order chi connectivity index (χ0) is 21.9. The van der Waals surface area contributed by atoms with Crippen LogP contribution in [-0.4, -0.2) is 65.9 Å². The molecule has 2 aromatic rings. The number of oxime groups is 1. The predicted molar refractivity (Wildman–Crippen MR) is 108 cm³/mol. The summed E-state index contributed by atoms with van der Waals surface area (Å²) in [5.74, 6) is -0.451. The van der Waals surface area contributed by atoms with Crippen molar-refractivity contribution in [3.05, 3.63) is 34.2 Å². The molecule has 1 fully saturated rings. The highest BCUT2D eigenvalue weighted by atomic mass is 79.9. The Labute approximate surface area is 179 Å². The van der Waals surface area contributed by atoms with E-state index in [9.17, 15) is 18.0 Å². The average molecular weight is 508 g/mol. The van der Waals surface area contributed by atoms with Gasteiger partial charge in [0.25, 0.3) is 0 Å². The highest BCUT2D eigenvalue weighted by Crippen LogP contribution is 2.24. The number of nitrogens with zero attached hydrogens (tertiary/aromatic N) is 4. The maximum atomic E-state index is 13.4. The first-order valence-corrected chi connectivity index (χ1v) is 10.8. The molecule has 0 spiro atoms. The van der Waals surface area contributed by atoms with Crippen LogP contribution in [0.1, 0.15) is 12.6 Å². The van der Waals surface area contributed by atoms with Crippen LogP contribution in [0.5, 0.6) is 0 Å². The molecule has 1 aliphatic rings. The first-order chi connectivity index (χ1) is 14.2. The van der Waals surface area contributed by atoms with Gasteiger partial charge in [-0.25, -0.2) is 9.02 Å². The Kier molecular flexibility index (Phi) is 6.56. The van der Waals surface area contributed by atoms with Gasteiger partial charge in [-0.1, -0.05) is 5.16 Å². The van der Waals surface area contributed by atoms with Crippen LogP contribution in [0.2, 0.25) is 0 Å². The Hall–Kier alpha value is -2.33. The second-order valence-corrected chi connectivity index (χ2v) is 8.97. The minimum absolute atomic E-state index is 0.0313. The molecule has 0 aliphatic carbocycles. The van der Waals surface area contributed by atoms with Gasteiger partial charge in [-0.2, -0.15) is 12.7 Å². The summed E-state index contributed by atoms with van der Waals surface area (Å²) in [4.78, 5) is 0. The molecule has 0 amide bonds. The molecule has 30 heavy (non-hydrogen) atoms. The van der Waals surface area contributed by atoms with Crippen LogP contribution >= 0.6 is 15.9 Å². The molecule has 1 aromatic carbocycles. The van der Waals surface area contributed by atoms with E-state index in [-0.39, 0.29) is 48.1 Å².